The first-order chi connectivity index (χ1) is 12.7. The zero-order valence-electron chi connectivity index (χ0n) is 15.0. The first-order valence-electron chi connectivity index (χ1n) is 9.43. The Morgan fingerprint density at radius 1 is 1.23 bits per heavy atom. The highest BCUT2D eigenvalue weighted by Gasteiger charge is 2.28. The van der Waals surface area contributed by atoms with E-state index < -0.39 is 0 Å². The highest BCUT2D eigenvalue weighted by molar-refractivity contribution is 7.71. The van der Waals surface area contributed by atoms with Crippen molar-refractivity contribution in [3.05, 3.63) is 39.9 Å². The average Bonchev–Trinajstić information content (AvgIpc) is 3.31. The number of aromatic nitrogens is 4. The Labute approximate surface area is 162 Å². The molecular weight excluding hydrogens is 362 g/mol. The van der Waals surface area contributed by atoms with Crippen LogP contribution in [-0.4, -0.2) is 37.3 Å². The van der Waals surface area contributed by atoms with Gasteiger partial charge in [0.25, 0.3) is 0 Å². The largest absolute Gasteiger partial charge is 0.301 e. The van der Waals surface area contributed by atoms with Crippen LogP contribution >= 0.6 is 23.6 Å². The molecule has 0 bridgehead atoms. The molecule has 1 aliphatic carbocycles. The Balaban J connectivity index is 1.34. The van der Waals surface area contributed by atoms with Crippen LogP contribution in [-0.2, 0) is 6.67 Å². The number of benzene rings is 1. The smallest absolute Gasteiger partial charge is 0.199 e. The van der Waals surface area contributed by atoms with E-state index in [4.69, 9.17) is 22.3 Å². The first-order valence-corrected chi connectivity index (χ1v) is 10.7. The molecule has 0 amide bonds. The SMILES string of the molecule is Cc1nn(CN2CCC[C@H](c3nc4ccccc4s3)C2)c(=S)n1C1CC1. The van der Waals surface area contributed by atoms with Crippen LogP contribution in [0.3, 0.4) is 0 Å². The van der Waals surface area contributed by atoms with Crippen LogP contribution < -0.4 is 0 Å². The van der Waals surface area contributed by atoms with Crippen molar-refractivity contribution < 1.29 is 0 Å². The molecule has 0 radical (unpaired) electrons. The van der Waals surface area contributed by atoms with Gasteiger partial charge in [-0.15, -0.1) is 11.3 Å². The third-order valence-corrected chi connectivity index (χ3v) is 7.06. The normalized spacial score (nSPS) is 21.5. The molecule has 5 nitrogen and oxygen atoms in total. The molecule has 5 rings (SSSR count). The van der Waals surface area contributed by atoms with Crippen molar-refractivity contribution >= 4 is 33.8 Å². The van der Waals surface area contributed by atoms with E-state index in [2.05, 4.69) is 40.7 Å². The maximum Gasteiger partial charge on any atom is 0.199 e. The molecule has 3 aromatic rings. The van der Waals surface area contributed by atoms with Crippen molar-refractivity contribution in [3.8, 4) is 0 Å². The third kappa shape index (κ3) is 3.02. The molecule has 0 N–H and O–H groups in total. The molecule has 2 fully saturated rings. The first kappa shape index (κ1) is 16.6. The second kappa shape index (κ2) is 6.55. The molecule has 0 unspecified atom stereocenters. The fraction of sp³-hybridized carbons (Fsp3) is 0.526. The molecule has 1 saturated heterocycles. The maximum absolute atomic E-state index is 5.69. The summed E-state index contributed by atoms with van der Waals surface area (Å²) in [5, 5.41) is 6.00. The average molecular weight is 386 g/mol. The summed E-state index contributed by atoms with van der Waals surface area (Å²) in [6, 6.07) is 9.04. The van der Waals surface area contributed by atoms with Gasteiger partial charge in [-0.25, -0.2) is 9.67 Å². The van der Waals surface area contributed by atoms with Crippen LogP contribution in [0.4, 0.5) is 0 Å². The number of hydrogen-bond acceptors (Lipinski definition) is 5. The van der Waals surface area contributed by atoms with Gasteiger partial charge < -0.3 is 4.57 Å². The van der Waals surface area contributed by atoms with E-state index in [1.54, 1.807) is 0 Å². The number of thiazole rings is 1. The molecule has 26 heavy (non-hydrogen) atoms. The molecule has 1 aromatic carbocycles. The van der Waals surface area contributed by atoms with Gasteiger partial charge in [0, 0.05) is 18.5 Å². The van der Waals surface area contributed by atoms with Crippen molar-refractivity contribution in [1.29, 1.82) is 0 Å². The van der Waals surface area contributed by atoms with Gasteiger partial charge in [-0.3, -0.25) is 4.90 Å². The molecule has 2 aliphatic rings. The summed E-state index contributed by atoms with van der Waals surface area (Å²) in [5.74, 6) is 1.57. The molecule has 1 atom stereocenters. The second-order valence-electron chi connectivity index (χ2n) is 7.51. The highest BCUT2D eigenvalue weighted by Crippen LogP contribution is 2.36. The van der Waals surface area contributed by atoms with Crippen LogP contribution in [0.1, 0.15) is 48.5 Å². The lowest BCUT2D eigenvalue weighted by Gasteiger charge is -2.31. The predicted molar refractivity (Wildman–Crippen MR) is 107 cm³/mol. The maximum atomic E-state index is 5.69. The van der Waals surface area contributed by atoms with Crippen molar-refractivity contribution in [2.45, 2.75) is 51.2 Å². The number of nitrogens with zero attached hydrogens (tertiary/aromatic N) is 5. The van der Waals surface area contributed by atoms with Gasteiger partial charge in [-0.2, -0.15) is 5.10 Å². The van der Waals surface area contributed by atoms with Crippen LogP contribution in [0.15, 0.2) is 24.3 Å². The summed E-state index contributed by atoms with van der Waals surface area (Å²) < 4.78 is 6.43. The highest BCUT2D eigenvalue weighted by atomic mass is 32.1. The summed E-state index contributed by atoms with van der Waals surface area (Å²) in [4.78, 5) is 7.38. The lowest BCUT2D eigenvalue weighted by Crippen LogP contribution is -2.36. The Kier molecular flexibility index (Phi) is 4.18. The number of aryl methyl sites for hydroxylation is 1. The summed E-state index contributed by atoms with van der Waals surface area (Å²) in [5.41, 5.74) is 1.13. The molecule has 0 spiro atoms. The van der Waals surface area contributed by atoms with E-state index in [1.165, 1.54) is 35.4 Å². The quantitative estimate of drug-likeness (QED) is 0.620. The number of piperidine rings is 1. The van der Waals surface area contributed by atoms with E-state index in [0.717, 1.165) is 35.9 Å². The van der Waals surface area contributed by atoms with Gasteiger partial charge in [0.15, 0.2) is 4.77 Å². The molecule has 2 aromatic heterocycles. The minimum atomic E-state index is 0.516. The topological polar surface area (TPSA) is 38.9 Å². The van der Waals surface area contributed by atoms with Crippen LogP contribution in [0.25, 0.3) is 10.2 Å². The Bertz CT molecular complexity index is 964. The van der Waals surface area contributed by atoms with E-state index >= 15 is 0 Å². The van der Waals surface area contributed by atoms with Gasteiger partial charge in [0.2, 0.25) is 0 Å². The molecule has 1 aliphatic heterocycles. The van der Waals surface area contributed by atoms with Gasteiger partial charge >= 0.3 is 0 Å². The van der Waals surface area contributed by atoms with Crippen molar-refractivity contribution in [1.82, 2.24) is 24.2 Å². The lowest BCUT2D eigenvalue weighted by molar-refractivity contribution is 0.156. The summed E-state index contributed by atoms with van der Waals surface area (Å²) in [6.45, 7) is 5.01. The van der Waals surface area contributed by atoms with Crippen LogP contribution in [0.2, 0.25) is 0 Å². The Morgan fingerprint density at radius 2 is 2.08 bits per heavy atom. The zero-order chi connectivity index (χ0) is 17.7. The van der Waals surface area contributed by atoms with Crippen LogP contribution in [0.5, 0.6) is 0 Å². The number of rotatable bonds is 4. The van der Waals surface area contributed by atoms with Gasteiger partial charge in [-0.1, -0.05) is 12.1 Å². The molecular formula is C19H23N5S2. The minimum absolute atomic E-state index is 0.516. The summed E-state index contributed by atoms with van der Waals surface area (Å²) >= 11 is 7.54. The van der Waals surface area contributed by atoms with E-state index in [1.807, 2.05) is 16.0 Å². The lowest BCUT2D eigenvalue weighted by atomic mass is 9.99. The Morgan fingerprint density at radius 3 is 2.88 bits per heavy atom. The van der Waals surface area contributed by atoms with E-state index in [9.17, 15) is 0 Å². The van der Waals surface area contributed by atoms with Gasteiger partial charge in [-0.05, 0) is 63.5 Å². The van der Waals surface area contributed by atoms with Gasteiger partial charge in [0.1, 0.15) is 5.82 Å². The fourth-order valence-corrected chi connectivity index (χ4v) is 5.49. The van der Waals surface area contributed by atoms with E-state index in [0.29, 0.717) is 12.0 Å². The number of hydrogen-bond donors (Lipinski definition) is 0. The summed E-state index contributed by atoms with van der Waals surface area (Å²) in [6.07, 6.45) is 4.90. The van der Waals surface area contributed by atoms with Crippen molar-refractivity contribution in [3.63, 3.8) is 0 Å². The van der Waals surface area contributed by atoms with Crippen LogP contribution in [0, 0.1) is 11.7 Å². The molecule has 1 saturated carbocycles. The number of fused-ring (bicyclic) bond motifs is 1. The van der Waals surface area contributed by atoms with Crippen molar-refractivity contribution in [2.75, 3.05) is 13.1 Å². The predicted octanol–water partition coefficient (Wildman–Crippen LogP) is 4.50. The summed E-state index contributed by atoms with van der Waals surface area (Å²) in [7, 11) is 0. The minimum Gasteiger partial charge on any atom is -0.301 e. The second-order valence-corrected chi connectivity index (χ2v) is 8.94. The van der Waals surface area contributed by atoms with E-state index in [-0.39, 0.29) is 0 Å². The molecule has 136 valence electrons. The standard InChI is InChI=1S/C19H23N5S2/c1-13-21-23(19(25)24(13)15-8-9-15)12-22-10-4-5-14(11-22)18-20-16-6-2-3-7-17(16)26-18/h2-3,6-7,14-15H,4-5,8-12H2,1H3/t14-/m0/s1. The fourth-order valence-electron chi connectivity index (χ4n) is 4.01. The monoisotopic (exact) mass is 385 g/mol. The number of para-hydroxylation sites is 1. The number of likely N-dealkylation sites (tertiary alicyclic amines) is 1. The van der Waals surface area contributed by atoms with Crippen molar-refractivity contribution in [2.24, 2.45) is 0 Å². The third-order valence-electron chi connectivity index (χ3n) is 5.45. The molecule has 3 heterocycles. The Hall–Kier alpha value is -1.57. The van der Waals surface area contributed by atoms with Gasteiger partial charge in [0.05, 0.1) is 21.9 Å². The zero-order valence-corrected chi connectivity index (χ0v) is 16.6. The molecule has 7 heteroatoms.